The first-order valence-electron chi connectivity index (χ1n) is 12.0. The molecule has 2 heterocycles. The molecule has 4 heteroatoms. The number of aromatic nitrogens is 1. The zero-order chi connectivity index (χ0) is 22.1. The van der Waals surface area contributed by atoms with E-state index in [9.17, 15) is 9.59 Å². The van der Waals surface area contributed by atoms with Gasteiger partial charge in [0.05, 0.1) is 0 Å². The number of hydrogen-bond acceptors (Lipinski definition) is 3. The second-order valence-electron chi connectivity index (χ2n) is 9.62. The van der Waals surface area contributed by atoms with Crippen LogP contribution in [0.4, 0.5) is 0 Å². The lowest BCUT2D eigenvalue weighted by Crippen LogP contribution is -2.44. The zero-order valence-electron chi connectivity index (χ0n) is 19.5. The molecule has 1 aromatic heterocycles. The van der Waals surface area contributed by atoms with E-state index in [1.165, 1.54) is 27.6 Å². The summed E-state index contributed by atoms with van der Waals surface area (Å²) in [5.41, 5.74) is 5.27. The number of ketones is 2. The molecule has 3 atom stereocenters. The van der Waals surface area contributed by atoms with Crippen LogP contribution in [0.15, 0.2) is 30.5 Å². The Kier molecular flexibility index (Phi) is 6.47. The molecule has 0 amide bonds. The van der Waals surface area contributed by atoms with Gasteiger partial charge in [-0.15, -0.1) is 0 Å². The molecule has 0 spiro atoms. The van der Waals surface area contributed by atoms with Gasteiger partial charge < -0.3 is 4.57 Å². The van der Waals surface area contributed by atoms with Gasteiger partial charge in [-0.2, -0.15) is 0 Å². The minimum Gasteiger partial charge on any atom is -0.347 e. The number of fused-ring (bicyclic) bond motifs is 2. The SMILES string of the molecule is CCC(=O)CCCn1cc2c3c(cccc31)C1=C[C@@H](C(=O)C[C@@H](C)CC)CN(C)[C@@H]1C2. The summed E-state index contributed by atoms with van der Waals surface area (Å²) in [6.45, 7) is 7.96. The molecule has 1 aliphatic heterocycles. The Bertz CT molecular complexity index is 1020. The quantitative estimate of drug-likeness (QED) is 0.555. The third kappa shape index (κ3) is 4.27. The molecular weight excluding hydrogens is 384 g/mol. The predicted molar refractivity (Wildman–Crippen MR) is 127 cm³/mol. The number of carbonyl (C=O) groups excluding carboxylic acids is 2. The zero-order valence-corrected chi connectivity index (χ0v) is 19.5. The molecule has 0 unspecified atom stereocenters. The van der Waals surface area contributed by atoms with Crippen molar-refractivity contribution < 1.29 is 9.59 Å². The Morgan fingerprint density at radius 1 is 1.23 bits per heavy atom. The summed E-state index contributed by atoms with van der Waals surface area (Å²) in [7, 11) is 2.17. The van der Waals surface area contributed by atoms with Crippen LogP contribution in [0.3, 0.4) is 0 Å². The molecule has 4 rings (SSSR count). The lowest BCUT2D eigenvalue weighted by atomic mass is 9.78. The topological polar surface area (TPSA) is 42.3 Å². The largest absolute Gasteiger partial charge is 0.347 e. The third-order valence-electron chi connectivity index (χ3n) is 7.37. The number of hydrogen-bond donors (Lipinski definition) is 0. The number of benzene rings is 1. The monoisotopic (exact) mass is 420 g/mol. The van der Waals surface area contributed by atoms with E-state index in [0.29, 0.717) is 42.8 Å². The minimum atomic E-state index is -0.0100. The van der Waals surface area contributed by atoms with Crippen LogP contribution in [0.25, 0.3) is 16.5 Å². The van der Waals surface area contributed by atoms with Gasteiger partial charge >= 0.3 is 0 Å². The van der Waals surface area contributed by atoms with Gasteiger partial charge in [0.25, 0.3) is 0 Å². The highest BCUT2D eigenvalue weighted by molar-refractivity contribution is 6.00. The molecule has 0 saturated carbocycles. The lowest BCUT2D eigenvalue weighted by Gasteiger charge is -2.39. The van der Waals surface area contributed by atoms with Gasteiger partial charge in [0.2, 0.25) is 0 Å². The predicted octanol–water partition coefficient (Wildman–Crippen LogP) is 5.28. The molecule has 0 bridgehead atoms. The van der Waals surface area contributed by atoms with Crippen LogP contribution in [-0.2, 0) is 22.6 Å². The summed E-state index contributed by atoms with van der Waals surface area (Å²) in [6.07, 6.45) is 9.46. The van der Waals surface area contributed by atoms with Crippen molar-refractivity contribution in [2.45, 2.75) is 71.9 Å². The molecule has 0 saturated heterocycles. The van der Waals surface area contributed by atoms with Gasteiger partial charge in [-0.1, -0.05) is 45.4 Å². The number of aryl methyl sites for hydroxylation is 1. The van der Waals surface area contributed by atoms with Crippen LogP contribution in [0.5, 0.6) is 0 Å². The van der Waals surface area contributed by atoms with Crippen LogP contribution in [0, 0.1) is 11.8 Å². The van der Waals surface area contributed by atoms with Gasteiger partial charge in [-0.3, -0.25) is 14.5 Å². The number of Topliss-reactive ketones (excluding diaryl/α,β-unsaturated/α-hetero) is 2. The van der Waals surface area contributed by atoms with Crippen molar-refractivity contribution in [2.75, 3.05) is 13.6 Å². The average Bonchev–Trinajstić information content (AvgIpc) is 3.12. The Hall–Kier alpha value is -2.20. The van der Waals surface area contributed by atoms with E-state index in [1.54, 1.807) is 0 Å². The van der Waals surface area contributed by atoms with E-state index in [1.807, 2.05) is 6.92 Å². The second kappa shape index (κ2) is 9.12. The fourth-order valence-electron chi connectivity index (χ4n) is 5.28. The van der Waals surface area contributed by atoms with Crippen LogP contribution >= 0.6 is 0 Å². The van der Waals surface area contributed by atoms with Crippen LogP contribution < -0.4 is 0 Å². The van der Waals surface area contributed by atoms with Crippen molar-refractivity contribution in [3.8, 4) is 0 Å². The van der Waals surface area contributed by atoms with Crippen molar-refractivity contribution in [3.05, 3.63) is 41.6 Å². The molecular formula is C27H36N2O2. The molecule has 2 aromatic rings. The van der Waals surface area contributed by atoms with E-state index in [0.717, 1.165) is 32.4 Å². The molecule has 2 aliphatic rings. The summed E-state index contributed by atoms with van der Waals surface area (Å²) >= 11 is 0. The first-order valence-corrected chi connectivity index (χ1v) is 12.0. The first-order chi connectivity index (χ1) is 14.9. The standard InChI is InChI=1S/C27H36N2O2/c1-5-18(3)13-26(31)19-14-23-22-10-7-11-24-27(22)20(15-25(23)28(4)16-19)17-29(24)12-8-9-21(30)6-2/h7,10-11,14,17-19,25H,5-6,8-9,12-13,15-16H2,1-4H3/t18-,19+,25+/m0/s1. The number of carbonyl (C=O) groups is 2. The van der Waals surface area contributed by atoms with E-state index in [4.69, 9.17) is 0 Å². The van der Waals surface area contributed by atoms with Crippen molar-refractivity contribution in [2.24, 2.45) is 11.8 Å². The minimum absolute atomic E-state index is 0.0100. The van der Waals surface area contributed by atoms with Gasteiger partial charge in [0.15, 0.2) is 0 Å². The fourth-order valence-corrected chi connectivity index (χ4v) is 5.28. The lowest BCUT2D eigenvalue weighted by molar-refractivity contribution is -0.123. The summed E-state index contributed by atoms with van der Waals surface area (Å²) in [4.78, 5) is 27.1. The van der Waals surface area contributed by atoms with Crippen molar-refractivity contribution >= 4 is 28.0 Å². The molecule has 0 radical (unpaired) electrons. The van der Waals surface area contributed by atoms with E-state index >= 15 is 0 Å². The molecule has 0 fully saturated rings. The molecule has 1 aromatic carbocycles. The maximum atomic E-state index is 13.0. The maximum absolute atomic E-state index is 13.0. The van der Waals surface area contributed by atoms with Crippen LogP contribution in [0.2, 0.25) is 0 Å². The van der Waals surface area contributed by atoms with Gasteiger partial charge in [0, 0.05) is 61.4 Å². The van der Waals surface area contributed by atoms with Gasteiger partial charge in [-0.25, -0.2) is 0 Å². The molecule has 31 heavy (non-hydrogen) atoms. The Morgan fingerprint density at radius 3 is 2.77 bits per heavy atom. The van der Waals surface area contributed by atoms with Crippen LogP contribution in [-0.4, -0.2) is 40.7 Å². The highest BCUT2D eigenvalue weighted by Gasteiger charge is 2.36. The number of nitrogens with zero attached hydrogens (tertiary/aromatic N) is 2. The van der Waals surface area contributed by atoms with E-state index in [-0.39, 0.29) is 5.92 Å². The Morgan fingerprint density at radius 2 is 2.03 bits per heavy atom. The van der Waals surface area contributed by atoms with Crippen molar-refractivity contribution in [1.82, 2.24) is 9.47 Å². The van der Waals surface area contributed by atoms with E-state index < -0.39 is 0 Å². The Balaban J connectivity index is 1.66. The first kappa shape index (κ1) is 22.0. The average molecular weight is 421 g/mol. The summed E-state index contributed by atoms with van der Waals surface area (Å²) in [6, 6.07) is 6.90. The third-order valence-corrected chi connectivity index (χ3v) is 7.37. The summed E-state index contributed by atoms with van der Waals surface area (Å²) in [5.74, 6) is 1.16. The van der Waals surface area contributed by atoms with Gasteiger partial charge in [-0.05, 0) is 48.6 Å². The molecule has 1 aliphatic carbocycles. The number of likely N-dealkylation sites (N-methyl/N-ethyl adjacent to an activating group) is 1. The maximum Gasteiger partial charge on any atom is 0.141 e. The van der Waals surface area contributed by atoms with Gasteiger partial charge in [0.1, 0.15) is 11.6 Å². The molecule has 4 nitrogen and oxygen atoms in total. The fraction of sp³-hybridized carbons (Fsp3) is 0.556. The smallest absolute Gasteiger partial charge is 0.141 e. The normalized spacial score (nSPS) is 21.6. The highest BCUT2D eigenvalue weighted by Crippen LogP contribution is 2.42. The Labute approximate surface area is 186 Å². The van der Waals surface area contributed by atoms with Crippen molar-refractivity contribution in [3.63, 3.8) is 0 Å². The molecule has 166 valence electrons. The van der Waals surface area contributed by atoms with Crippen LogP contribution in [0.1, 0.15) is 64.0 Å². The highest BCUT2D eigenvalue weighted by atomic mass is 16.1. The number of rotatable bonds is 9. The molecule has 0 N–H and O–H groups in total. The van der Waals surface area contributed by atoms with E-state index in [2.05, 4.69) is 60.8 Å². The summed E-state index contributed by atoms with van der Waals surface area (Å²) < 4.78 is 2.33. The second-order valence-corrected chi connectivity index (χ2v) is 9.62. The van der Waals surface area contributed by atoms with Crippen molar-refractivity contribution in [1.29, 1.82) is 0 Å². The summed E-state index contributed by atoms with van der Waals surface area (Å²) in [5, 5.41) is 1.34.